The number of aromatic nitrogens is 2. The summed E-state index contributed by atoms with van der Waals surface area (Å²) in [5, 5.41) is 20.4. The lowest BCUT2D eigenvalue weighted by Gasteiger charge is -2.30. The molecule has 0 aliphatic heterocycles. The molecule has 2 atom stereocenters. The van der Waals surface area contributed by atoms with Gasteiger partial charge >= 0.3 is 0 Å². The van der Waals surface area contributed by atoms with Crippen molar-refractivity contribution in [1.82, 2.24) is 15.5 Å². The van der Waals surface area contributed by atoms with Gasteiger partial charge in [-0.2, -0.15) is 5.10 Å². The van der Waals surface area contributed by atoms with Crippen LogP contribution in [0.4, 0.5) is 0 Å². The van der Waals surface area contributed by atoms with Crippen molar-refractivity contribution in [3.63, 3.8) is 0 Å². The third-order valence-electron chi connectivity index (χ3n) is 4.39. The molecule has 1 fully saturated rings. The number of benzene rings is 1. The van der Waals surface area contributed by atoms with Crippen LogP contribution in [0.3, 0.4) is 0 Å². The quantitative estimate of drug-likeness (QED) is 0.809. The number of aryl methyl sites for hydroxylation is 1. The molecule has 3 rings (SSSR count). The van der Waals surface area contributed by atoms with Gasteiger partial charge in [0.15, 0.2) is 5.69 Å². The van der Waals surface area contributed by atoms with E-state index in [0.29, 0.717) is 5.69 Å². The molecule has 0 bridgehead atoms. The molecule has 1 aliphatic rings. The Bertz CT molecular complexity index is 650. The van der Waals surface area contributed by atoms with Crippen LogP contribution in [-0.2, 0) is 0 Å². The van der Waals surface area contributed by atoms with Gasteiger partial charge in [-0.25, -0.2) is 0 Å². The number of hydrogen-bond acceptors (Lipinski definition) is 3. The van der Waals surface area contributed by atoms with E-state index >= 15 is 0 Å². The maximum Gasteiger partial charge on any atom is 0.272 e. The molecule has 0 radical (unpaired) electrons. The van der Waals surface area contributed by atoms with Gasteiger partial charge in [-0.05, 0) is 31.9 Å². The van der Waals surface area contributed by atoms with Crippen molar-refractivity contribution in [2.45, 2.75) is 38.6 Å². The topological polar surface area (TPSA) is 78.0 Å². The van der Waals surface area contributed by atoms with Crippen LogP contribution < -0.4 is 5.32 Å². The molecule has 5 heteroatoms. The number of aromatic amines is 1. The third-order valence-corrected chi connectivity index (χ3v) is 4.39. The smallest absolute Gasteiger partial charge is 0.272 e. The number of aliphatic hydroxyl groups excluding tert-OH is 1. The highest BCUT2D eigenvalue weighted by Crippen LogP contribution is 2.25. The first-order chi connectivity index (χ1) is 10.2. The number of amides is 1. The Morgan fingerprint density at radius 1 is 1.43 bits per heavy atom. The van der Waals surface area contributed by atoms with Crippen molar-refractivity contribution in [3.05, 3.63) is 29.5 Å². The van der Waals surface area contributed by atoms with Crippen molar-refractivity contribution < 1.29 is 9.90 Å². The highest BCUT2D eigenvalue weighted by Gasteiger charge is 2.27. The van der Waals surface area contributed by atoms with Crippen LogP contribution in [-0.4, -0.2) is 33.9 Å². The zero-order chi connectivity index (χ0) is 14.8. The summed E-state index contributed by atoms with van der Waals surface area (Å²) in [5.74, 6) is 0.00634. The Morgan fingerprint density at radius 2 is 2.24 bits per heavy atom. The summed E-state index contributed by atoms with van der Waals surface area (Å²) >= 11 is 0. The molecule has 1 heterocycles. The van der Waals surface area contributed by atoms with E-state index in [9.17, 15) is 9.90 Å². The summed E-state index contributed by atoms with van der Waals surface area (Å²) in [4.78, 5) is 12.5. The molecule has 112 valence electrons. The Morgan fingerprint density at radius 3 is 3.05 bits per heavy atom. The van der Waals surface area contributed by atoms with E-state index in [1.54, 1.807) is 0 Å². The van der Waals surface area contributed by atoms with E-state index in [4.69, 9.17) is 0 Å². The summed E-state index contributed by atoms with van der Waals surface area (Å²) in [6, 6.07) is 5.95. The SMILES string of the molecule is Cc1ccc2[nH]nc(C(=O)NC3CCCCC3CO)c2c1. The number of aliphatic hydroxyl groups is 1. The summed E-state index contributed by atoms with van der Waals surface area (Å²) < 4.78 is 0. The summed E-state index contributed by atoms with van der Waals surface area (Å²) in [7, 11) is 0. The van der Waals surface area contributed by atoms with Crippen LogP contribution in [0.1, 0.15) is 41.7 Å². The van der Waals surface area contributed by atoms with Gasteiger partial charge in [0.1, 0.15) is 0 Å². The average Bonchev–Trinajstić information content (AvgIpc) is 2.90. The van der Waals surface area contributed by atoms with Gasteiger partial charge in [0.2, 0.25) is 0 Å². The van der Waals surface area contributed by atoms with E-state index in [2.05, 4.69) is 15.5 Å². The molecule has 1 aliphatic carbocycles. The van der Waals surface area contributed by atoms with Gasteiger partial charge in [-0.1, -0.05) is 24.5 Å². The number of carbonyl (C=O) groups excluding carboxylic acids is 1. The minimum Gasteiger partial charge on any atom is -0.396 e. The average molecular weight is 287 g/mol. The van der Waals surface area contributed by atoms with Crippen LogP contribution in [0.25, 0.3) is 10.9 Å². The predicted octanol–water partition coefficient (Wildman–Crippen LogP) is 2.15. The van der Waals surface area contributed by atoms with Crippen molar-refractivity contribution in [2.24, 2.45) is 5.92 Å². The fraction of sp³-hybridized carbons (Fsp3) is 0.500. The van der Waals surface area contributed by atoms with Crippen molar-refractivity contribution in [3.8, 4) is 0 Å². The largest absolute Gasteiger partial charge is 0.396 e. The molecule has 0 saturated heterocycles. The second kappa shape index (κ2) is 5.85. The second-order valence-corrected chi connectivity index (χ2v) is 5.93. The molecule has 1 amide bonds. The van der Waals surface area contributed by atoms with Crippen LogP contribution in [0.15, 0.2) is 18.2 Å². The van der Waals surface area contributed by atoms with Crippen LogP contribution >= 0.6 is 0 Å². The van der Waals surface area contributed by atoms with Crippen molar-refractivity contribution in [1.29, 1.82) is 0 Å². The van der Waals surface area contributed by atoms with E-state index in [0.717, 1.165) is 42.1 Å². The molecule has 1 aromatic heterocycles. The van der Waals surface area contributed by atoms with Gasteiger partial charge in [0, 0.05) is 24.0 Å². The first-order valence-electron chi connectivity index (χ1n) is 7.55. The predicted molar refractivity (Wildman–Crippen MR) is 81.1 cm³/mol. The standard InChI is InChI=1S/C16H21N3O2/c1-10-6-7-14-12(8-10)15(19-18-14)16(21)17-13-5-3-2-4-11(13)9-20/h6-8,11,13,20H,2-5,9H2,1H3,(H,17,21)(H,18,19). The molecule has 1 saturated carbocycles. The molecule has 1 aromatic carbocycles. The minimum atomic E-state index is -0.155. The van der Waals surface area contributed by atoms with Gasteiger partial charge in [-0.3, -0.25) is 9.89 Å². The third kappa shape index (κ3) is 2.78. The van der Waals surface area contributed by atoms with Crippen LogP contribution in [0.2, 0.25) is 0 Å². The molecule has 3 N–H and O–H groups in total. The molecular formula is C16H21N3O2. The van der Waals surface area contributed by atoms with Gasteiger partial charge < -0.3 is 10.4 Å². The number of rotatable bonds is 3. The molecule has 0 spiro atoms. The lowest BCUT2D eigenvalue weighted by molar-refractivity contribution is 0.0869. The number of carbonyl (C=O) groups is 1. The fourth-order valence-corrected chi connectivity index (χ4v) is 3.15. The lowest BCUT2D eigenvalue weighted by atomic mass is 9.85. The van der Waals surface area contributed by atoms with Gasteiger partial charge in [-0.15, -0.1) is 0 Å². The summed E-state index contributed by atoms with van der Waals surface area (Å²) in [6.07, 6.45) is 4.13. The molecule has 21 heavy (non-hydrogen) atoms. The lowest BCUT2D eigenvalue weighted by Crippen LogP contribution is -2.43. The Balaban J connectivity index is 1.82. The normalized spacial score (nSPS) is 22.4. The first-order valence-corrected chi connectivity index (χ1v) is 7.55. The molecule has 2 aromatic rings. The monoisotopic (exact) mass is 287 g/mol. The fourth-order valence-electron chi connectivity index (χ4n) is 3.15. The number of fused-ring (bicyclic) bond motifs is 1. The zero-order valence-corrected chi connectivity index (χ0v) is 12.2. The van der Waals surface area contributed by atoms with Gasteiger partial charge in [0.25, 0.3) is 5.91 Å². The van der Waals surface area contributed by atoms with Gasteiger partial charge in [0.05, 0.1) is 5.52 Å². The minimum absolute atomic E-state index is 0.0489. The van der Waals surface area contributed by atoms with E-state index in [-0.39, 0.29) is 24.5 Å². The molecule has 2 unspecified atom stereocenters. The maximum atomic E-state index is 12.5. The van der Waals surface area contributed by atoms with Crippen molar-refractivity contribution in [2.75, 3.05) is 6.61 Å². The Hall–Kier alpha value is -1.88. The number of H-pyrrole nitrogens is 1. The van der Waals surface area contributed by atoms with Crippen molar-refractivity contribution >= 4 is 16.8 Å². The zero-order valence-electron chi connectivity index (χ0n) is 12.2. The van der Waals surface area contributed by atoms with Crippen LogP contribution in [0, 0.1) is 12.8 Å². The highest BCUT2D eigenvalue weighted by molar-refractivity contribution is 6.04. The highest BCUT2D eigenvalue weighted by atomic mass is 16.3. The Labute approximate surface area is 123 Å². The summed E-state index contributed by atoms with van der Waals surface area (Å²) in [5.41, 5.74) is 2.41. The number of nitrogens with zero attached hydrogens (tertiary/aromatic N) is 1. The number of nitrogens with one attached hydrogen (secondary N) is 2. The maximum absolute atomic E-state index is 12.5. The first kappa shape index (κ1) is 14.1. The van der Waals surface area contributed by atoms with E-state index in [1.165, 1.54) is 0 Å². The molecule has 5 nitrogen and oxygen atoms in total. The van der Waals surface area contributed by atoms with E-state index in [1.807, 2.05) is 25.1 Å². The summed E-state index contributed by atoms with van der Waals surface area (Å²) in [6.45, 7) is 2.13. The van der Waals surface area contributed by atoms with Crippen LogP contribution in [0.5, 0.6) is 0 Å². The Kier molecular flexibility index (Phi) is 3.92. The second-order valence-electron chi connectivity index (χ2n) is 5.93. The number of hydrogen-bond donors (Lipinski definition) is 3. The molecular weight excluding hydrogens is 266 g/mol. The van der Waals surface area contributed by atoms with E-state index < -0.39 is 0 Å².